The SMILES string of the molecule is CC(=O)[C@H](C)CC(=O)[C@@H]1Cc2ccc(OCCN)c(c2)-c2cc(ccc2OCCN)[C@H](N(C)C(=O)[C@H](CCCCN)CC(=O)c2ccc(-c3ccc(Cl)cc3)cc2)C(=O)C[C@@H](C)C(=O)N1. The van der Waals surface area contributed by atoms with E-state index in [9.17, 15) is 28.8 Å². The Bertz CT molecular complexity index is 2320. The molecule has 7 N–H and O–H groups in total. The number of ether oxygens (including phenoxy) is 2. The summed E-state index contributed by atoms with van der Waals surface area (Å²) in [6.07, 6.45) is 1.15. The Morgan fingerprint density at radius 3 is 1.98 bits per heavy atom. The van der Waals surface area contributed by atoms with Crippen molar-refractivity contribution in [2.45, 2.75) is 77.8 Å². The third kappa shape index (κ3) is 13.4. The van der Waals surface area contributed by atoms with E-state index in [-0.39, 0.29) is 69.3 Å². The number of halogens is 1. The Hall–Kier alpha value is -5.73. The minimum atomic E-state index is -1.21. The van der Waals surface area contributed by atoms with Crippen molar-refractivity contribution in [3.63, 3.8) is 0 Å². The van der Waals surface area contributed by atoms with E-state index in [2.05, 4.69) is 5.32 Å². The van der Waals surface area contributed by atoms with E-state index in [1.807, 2.05) is 30.3 Å². The average Bonchev–Trinajstić information content (AvgIpc) is 3.29. The first-order valence-electron chi connectivity index (χ1n) is 22.3. The van der Waals surface area contributed by atoms with Gasteiger partial charge in [0.1, 0.15) is 36.5 Å². The molecule has 0 aliphatic carbocycles. The van der Waals surface area contributed by atoms with Gasteiger partial charge in [-0.3, -0.25) is 28.8 Å². The molecule has 65 heavy (non-hydrogen) atoms. The molecule has 0 saturated heterocycles. The zero-order valence-electron chi connectivity index (χ0n) is 37.8. The predicted molar refractivity (Wildman–Crippen MR) is 253 cm³/mol. The number of hydrogen-bond acceptors (Lipinski definition) is 11. The van der Waals surface area contributed by atoms with Crippen LogP contribution in [0.5, 0.6) is 11.5 Å². The molecule has 4 aromatic carbocycles. The van der Waals surface area contributed by atoms with Crippen molar-refractivity contribution in [1.29, 1.82) is 0 Å². The van der Waals surface area contributed by atoms with Crippen LogP contribution in [0, 0.1) is 17.8 Å². The first-order valence-corrected chi connectivity index (χ1v) is 22.7. The van der Waals surface area contributed by atoms with Crippen LogP contribution in [-0.4, -0.2) is 85.8 Å². The summed E-state index contributed by atoms with van der Waals surface area (Å²) < 4.78 is 12.3. The molecular formula is C51H62ClN5O8. The molecule has 0 radical (unpaired) electrons. The lowest BCUT2D eigenvalue weighted by Crippen LogP contribution is -2.46. The lowest BCUT2D eigenvalue weighted by atomic mass is 9.87. The molecular weight excluding hydrogens is 846 g/mol. The van der Waals surface area contributed by atoms with Gasteiger partial charge in [-0.25, -0.2) is 0 Å². The molecule has 0 unspecified atom stereocenters. The average molecular weight is 909 g/mol. The highest BCUT2D eigenvalue weighted by Gasteiger charge is 2.36. The number of nitrogens with two attached hydrogens (primary N) is 3. The topological polar surface area (TPSA) is 214 Å². The van der Waals surface area contributed by atoms with Crippen molar-refractivity contribution in [2.24, 2.45) is 35.0 Å². The van der Waals surface area contributed by atoms with Gasteiger partial charge in [-0.1, -0.05) is 80.4 Å². The fourth-order valence-corrected chi connectivity index (χ4v) is 8.17. The lowest BCUT2D eigenvalue weighted by molar-refractivity contribution is -0.142. The number of fused-ring (bicyclic) bond motifs is 5. The first kappa shape index (κ1) is 50.3. The summed E-state index contributed by atoms with van der Waals surface area (Å²) in [4.78, 5) is 85.0. The van der Waals surface area contributed by atoms with Crippen molar-refractivity contribution in [2.75, 3.05) is 39.9 Å². The van der Waals surface area contributed by atoms with E-state index in [1.54, 1.807) is 75.5 Å². The van der Waals surface area contributed by atoms with Gasteiger partial charge in [0, 0.05) is 78.9 Å². The molecule has 0 spiro atoms. The predicted octanol–water partition coefficient (Wildman–Crippen LogP) is 6.69. The summed E-state index contributed by atoms with van der Waals surface area (Å²) in [5, 5.41) is 3.50. The van der Waals surface area contributed by atoms with Crippen LogP contribution >= 0.6 is 11.6 Å². The van der Waals surface area contributed by atoms with Crippen LogP contribution in [0.25, 0.3) is 22.3 Å². The van der Waals surface area contributed by atoms with Gasteiger partial charge in [-0.2, -0.15) is 0 Å². The molecule has 1 aliphatic rings. The largest absolute Gasteiger partial charge is 0.492 e. The molecule has 1 aliphatic heterocycles. The van der Waals surface area contributed by atoms with Gasteiger partial charge >= 0.3 is 0 Å². The normalized spacial score (nSPS) is 17.3. The van der Waals surface area contributed by atoms with Crippen molar-refractivity contribution < 1.29 is 38.2 Å². The zero-order valence-corrected chi connectivity index (χ0v) is 38.5. The Balaban J connectivity index is 1.59. The van der Waals surface area contributed by atoms with Gasteiger partial charge in [-0.15, -0.1) is 0 Å². The minimum absolute atomic E-state index is 0.0874. The van der Waals surface area contributed by atoms with Crippen molar-refractivity contribution >= 4 is 46.5 Å². The van der Waals surface area contributed by atoms with Gasteiger partial charge in [0.05, 0.1) is 6.04 Å². The lowest BCUT2D eigenvalue weighted by Gasteiger charge is -2.32. The number of unbranched alkanes of at least 4 members (excludes halogenated alkanes) is 1. The van der Waals surface area contributed by atoms with E-state index < -0.39 is 47.4 Å². The molecule has 0 aromatic heterocycles. The summed E-state index contributed by atoms with van der Waals surface area (Å²) in [7, 11) is 1.54. The summed E-state index contributed by atoms with van der Waals surface area (Å²) in [6.45, 7) is 5.87. The fourth-order valence-electron chi connectivity index (χ4n) is 8.04. The maximum absolute atomic E-state index is 14.9. The number of rotatable bonds is 20. The highest BCUT2D eigenvalue weighted by Crippen LogP contribution is 2.41. The molecule has 0 fully saturated rings. The Kier molecular flexibility index (Phi) is 18.5. The Labute approximate surface area is 386 Å². The van der Waals surface area contributed by atoms with Gasteiger partial charge < -0.3 is 36.9 Å². The summed E-state index contributed by atoms with van der Waals surface area (Å²) in [5.41, 5.74) is 22.1. The van der Waals surface area contributed by atoms with Crippen LogP contribution in [0.4, 0.5) is 0 Å². The maximum atomic E-state index is 14.9. The number of carbonyl (C=O) groups is 6. The quantitative estimate of drug-likeness (QED) is 0.0542. The molecule has 346 valence electrons. The third-order valence-corrected chi connectivity index (χ3v) is 12.2. The zero-order chi connectivity index (χ0) is 47.2. The van der Waals surface area contributed by atoms with Gasteiger partial charge in [-0.05, 0) is 91.4 Å². The van der Waals surface area contributed by atoms with Crippen LogP contribution in [0.15, 0.2) is 84.9 Å². The number of nitrogens with zero attached hydrogens (tertiary/aromatic N) is 1. The molecule has 0 saturated carbocycles. The van der Waals surface area contributed by atoms with Crippen molar-refractivity contribution in [3.05, 3.63) is 107 Å². The smallest absolute Gasteiger partial charge is 0.226 e. The highest BCUT2D eigenvalue weighted by atomic mass is 35.5. The molecule has 1 heterocycles. The number of Topliss-reactive ketones (excluding diaryl/α,β-unsaturated/α-hetero) is 4. The number of ketones is 4. The molecule has 4 bridgehead atoms. The standard InChI is InChI=1S/C51H62ClN5O8/c1-31(33(3)58)25-45(60)43-28-34-8-18-47(64-23-21-54)41(27-34)42-29-38(15-19-48(42)65-24-22-55)49(46(61)26-32(2)50(62)56-43)57(4)51(63)39(7-5-6-20-53)30-44(59)37-11-9-35(10-12-37)36-13-16-40(52)17-14-36/h8-19,27,29,31-32,39,43,49H,5-7,20-26,28,30,53-55H2,1-4H3,(H,56,62)/t31-,32-,39-,43+,49+/m1/s1. The van der Waals surface area contributed by atoms with E-state index in [0.717, 1.165) is 11.1 Å². The van der Waals surface area contributed by atoms with Gasteiger partial charge in [0.2, 0.25) is 11.8 Å². The molecule has 2 amide bonds. The van der Waals surface area contributed by atoms with Crippen LogP contribution in [0.2, 0.25) is 5.02 Å². The summed E-state index contributed by atoms with van der Waals surface area (Å²) in [5.74, 6) is -3.52. The fraction of sp³-hybridized carbons (Fsp3) is 0.412. The molecule has 14 heteroatoms. The molecule has 13 nitrogen and oxygen atoms in total. The Morgan fingerprint density at radius 2 is 1.38 bits per heavy atom. The third-order valence-electron chi connectivity index (χ3n) is 11.9. The number of hydrogen-bond donors (Lipinski definition) is 4. The van der Waals surface area contributed by atoms with Crippen LogP contribution < -0.4 is 32.0 Å². The second-order valence-corrected chi connectivity index (χ2v) is 17.4. The van der Waals surface area contributed by atoms with E-state index >= 15 is 0 Å². The molecule has 5 rings (SSSR count). The maximum Gasteiger partial charge on any atom is 0.226 e. The van der Waals surface area contributed by atoms with Crippen molar-refractivity contribution in [1.82, 2.24) is 10.2 Å². The molecule has 5 atom stereocenters. The second-order valence-electron chi connectivity index (χ2n) is 16.9. The van der Waals surface area contributed by atoms with Crippen LogP contribution in [0.1, 0.15) is 86.8 Å². The summed E-state index contributed by atoms with van der Waals surface area (Å²) >= 11 is 6.08. The number of likely N-dealkylation sites (N-methyl/N-ethyl adjacent to an activating group) is 1. The Morgan fingerprint density at radius 1 is 0.785 bits per heavy atom. The van der Waals surface area contributed by atoms with Crippen LogP contribution in [0.3, 0.4) is 0 Å². The van der Waals surface area contributed by atoms with E-state index in [1.165, 1.54) is 11.8 Å². The number of amides is 2. The minimum Gasteiger partial charge on any atom is -0.492 e. The van der Waals surface area contributed by atoms with E-state index in [4.69, 9.17) is 38.3 Å². The second kappa shape index (κ2) is 24.0. The van der Waals surface area contributed by atoms with Gasteiger partial charge in [0.25, 0.3) is 0 Å². The molecule has 4 aromatic rings. The number of benzene rings is 4. The summed E-state index contributed by atoms with van der Waals surface area (Å²) in [6, 6.07) is 22.9. The number of carbonyl (C=O) groups excluding carboxylic acids is 6. The van der Waals surface area contributed by atoms with Crippen molar-refractivity contribution in [3.8, 4) is 33.8 Å². The van der Waals surface area contributed by atoms with E-state index in [0.29, 0.717) is 70.1 Å². The number of nitrogens with one attached hydrogen (secondary N) is 1. The first-order chi connectivity index (χ1) is 31.1. The highest BCUT2D eigenvalue weighted by molar-refractivity contribution is 6.30. The monoisotopic (exact) mass is 907 g/mol. The van der Waals surface area contributed by atoms with Gasteiger partial charge in [0.15, 0.2) is 17.3 Å². The van der Waals surface area contributed by atoms with Crippen LogP contribution in [-0.2, 0) is 30.4 Å².